The smallest absolute Gasteiger partial charge is 0.462 e. The highest BCUT2D eigenvalue weighted by atomic mass is 31.2. The van der Waals surface area contributed by atoms with Gasteiger partial charge in [-0.3, -0.25) is 37.3 Å². The Morgan fingerprint density at radius 3 is 0.792 bits per heavy atom. The molecule has 0 aliphatic rings. The molecule has 3 unspecified atom stereocenters. The lowest BCUT2D eigenvalue weighted by molar-refractivity contribution is -0.161. The van der Waals surface area contributed by atoms with Crippen molar-refractivity contribution in [3.63, 3.8) is 0 Å². The first kappa shape index (κ1) is 94.1. The van der Waals surface area contributed by atoms with E-state index >= 15 is 0 Å². The largest absolute Gasteiger partial charge is 0.472 e. The van der Waals surface area contributed by atoms with Gasteiger partial charge in [-0.1, -0.05) is 344 Å². The van der Waals surface area contributed by atoms with E-state index in [1.165, 1.54) is 205 Å². The van der Waals surface area contributed by atoms with Crippen LogP contribution < -0.4 is 0 Å². The van der Waals surface area contributed by atoms with Gasteiger partial charge in [0.05, 0.1) is 26.4 Å². The number of esters is 4. The Morgan fingerprint density at radius 1 is 0.302 bits per heavy atom. The highest BCUT2D eigenvalue weighted by Gasteiger charge is 2.30. The Labute approximate surface area is 588 Å². The minimum absolute atomic E-state index is 0.105. The van der Waals surface area contributed by atoms with Crippen LogP contribution >= 0.6 is 15.6 Å². The Kier molecular flexibility index (Phi) is 66.2. The number of aliphatic hydroxyl groups is 1. The third-order valence-electron chi connectivity index (χ3n) is 18.2. The van der Waals surface area contributed by atoms with Gasteiger partial charge in [-0.25, -0.2) is 9.13 Å². The van der Waals surface area contributed by atoms with Crippen molar-refractivity contribution in [2.75, 3.05) is 39.6 Å². The topological polar surface area (TPSA) is 237 Å². The third-order valence-corrected chi connectivity index (χ3v) is 20.1. The van der Waals surface area contributed by atoms with Crippen molar-refractivity contribution in [2.24, 2.45) is 17.8 Å². The van der Waals surface area contributed by atoms with Gasteiger partial charge in [0.25, 0.3) is 0 Å². The summed E-state index contributed by atoms with van der Waals surface area (Å²) in [6.45, 7) is 11.9. The third kappa shape index (κ3) is 69.2. The van der Waals surface area contributed by atoms with E-state index in [0.29, 0.717) is 25.7 Å². The van der Waals surface area contributed by atoms with E-state index in [-0.39, 0.29) is 25.7 Å². The number of rotatable bonds is 75. The van der Waals surface area contributed by atoms with E-state index in [1.54, 1.807) is 0 Å². The molecule has 0 aromatic carbocycles. The first-order valence-electron chi connectivity index (χ1n) is 39.9. The number of carbonyl (C=O) groups excluding carboxylic acids is 4. The molecule has 0 fully saturated rings. The summed E-state index contributed by atoms with van der Waals surface area (Å²) in [7, 11) is -9.91. The second-order valence-corrected chi connectivity index (χ2v) is 31.8. The number of unbranched alkanes of at least 4 members (excludes halogenated alkanes) is 42. The average Bonchev–Trinajstić information content (AvgIpc) is 2.37. The molecule has 0 saturated heterocycles. The summed E-state index contributed by atoms with van der Waals surface area (Å²) >= 11 is 0. The molecule has 0 bridgehead atoms. The lowest BCUT2D eigenvalue weighted by Crippen LogP contribution is -2.30. The first-order valence-corrected chi connectivity index (χ1v) is 42.9. The molecule has 570 valence electrons. The number of ether oxygens (including phenoxy) is 4. The Hall–Kier alpha value is -1.94. The van der Waals surface area contributed by atoms with Crippen LogP contribution in [0.15, 0.2) is 0 Å². The number of phosphoric ester groups is 2. The molecule has 0 aliphatic heterocycles. The minimum Gasteiger partial charge on any atom is -0.462 e. The van der Waals surface area contributed by atoms with E-state index < -0.39 is 97.5 Å². The van der Waals surface area contributed by atoms with Gasteiger partial charge in [-0.05, 0) is 43.4 Å². The van der Waals surface area contributed by atoms with Crippen LogP contribution in [0.4, 0.5) is 0 Å². The Morgan fingerprint density at radius 2 is 0.531 bits per heavy atom. The maximum atomic E-state index is 13.1. The summed E-state index contributed by atoms with van der Waals surface area (Å²) in [5.41, 5.74) is 0. The van der Waals surface area contributed by atoms with Crippen molar-refractivity contribution < 1.29 is 80.2 Å². The molecule has 17 nitrogen and oxygen atoms in total. The molecule has 19 heteroatoms. The molecule has 0 spiro atoms. The van der Waals surface area contributed by atoms with Gasteiger partial charge >= 0.3 is 39.5 Å². The van der Waals surface area contributed by atoms with Crippen LogP contribution in [-0.4, -0.2) is 96.7 Å². The molecule has 0 rings (SSSR count). The predicted molar refractivity (Wildman–Crippen MR) is 391 cm³/mol. The van der Waals surface area contributed by atoms with E-state index in [1.807, 2.05) is 0 Å². The van der Waals surface area contributed by atoms with Gasteiger partial charge in [-0.15, -0.1) is 0 Å². The summed E-state index contributed by atoms with van der Waals surface area (Å²) in [5, 5.41) is 10.6. The highest BCUT2D eigenvalue weighted by molar-refractivity contribution is 7.47. The molecular formula is C77H150O17P2. The van der Waals surface area contributed by atoms with Crippen molar-refractivity contribution in [2.45, 2.75) is 414 Å². The van der Waals surface area contributed by atoms with E-state index in [0.717, 1.165) is 108 Å². The van der Waals surface area contributed by atoms with Crippen LogP contribution in [0.1, 0.15) is 395 Å². The molecule has 0 aromatic heterocycles. The van der Waals surface area contributed by atoms with Gasteiger partial charge in [0.15, 0.2) is 12.2 Å². The molecule has 0 heterocycles. The lowest BCUT2D eigenvalue weighted by Gasteiger charge is -2.21. The maximum absolute atomic E-state index is 13.1. The van der Waals surface area contributed by atoms with Crippen LogP contribution in [0.2, 0.25) is 0 Å². The number of hydrogen-bond acceptors (Lipinski definition) is 15. The Bertz CT molecular complexity index is 1870. The zero-order valence-corrected chi connectivity index (χ0v) is 64.6. The molecular weight excluding hydrogens is 1260 g/mol. The quantitative estimate of drug-likeness (QED) is 0.0222. The standard InChI is InChI=1S/C77H150O17P2/c1-8-10-11-12-13-14-21-30-37-44-51-58-74(79)87-65-73(94-77(82)61-54-47-40-33-26-28-35-42-49-56-69(5)6)67-92-96(85,86)90-63-71(78)62-89-95(83,84)91-66-72(64-88-75(80)59-52-45-38-31-24-20-19-22-27-34-41-48-55-68(3)4)93-76(81)60-53-46-39-32-25-18-16-15-17-23-29-36-43-50-57-70(7)9-2/h68-73,78H,8-67H2,1-7H3,(H,83,84)(H,85,86)/t70?,71-,72-,73-/m1/s1. The summed E-state index contributed by atoms with van der Waals surface area (Å²) < 4.78 is 68.6. The normalized spacial score (nSPS) is 14.3. The van der Waals surface area contributed by atoms with Gasteiger partial charge in [-0.2, -0.15) is 0 Å². The van der Waals surface area contributed by atoms with Gasteiger partial charge in [0.1, 0.15) is 19.3 Å². The lowest BCUT2D eigenvalue weighted by atomic mass is 9.99. The predicted octanol–water partition coefficient (Wildman–Crippen LogP) is 22.6. The van der Waals surface area contributed by atoms with Gasteiger partial charge in [0.2, 0.25) is 0 Å². The molecule has 0 amide bonds. The number of hydrogen-bond donors (Lipinski definition) is 3. The van der Waals surface area contributed by atoms with Crippen LogP contribution in [0.3, 0.4) is 0 Å². The van der Waals surface area contributed by atoms with Crippen molar-refractivity contribution in [3.05, 3.63) is 0 Å². The zero-order valence-electron chi connectivity index (χ0n) is 62.8. The fraction of sp³-hybridized carbons (Fsp3) is 0.948. The molecule has 0 aliphatic carbocycles. The first-order chi connectivity index (χ1) is 46.3. The number of aliphatic hydroxyl groups excluding tert-OH is 1. The molecule has 3 N–H and O–H groups in total. The second kappa shape index (κ2) is 67.5. The Balaban J connectivity index is 5.25. The van der Waals surface area contributed by atoms with E-state index in [4.69, 9.17) is 37.0 Å². The molecule has 0 radical (unpaired) electrons. The van der Waals surface area contributed by atoms with Crippen molar-refractivity contribution in [1.82, 2.24) is 0 Å². The second-order valence-electron chi connectivity index (χ2n) is 28.9. The monoisotopic (exact) mass is 1410 g/mol. The summed E-state index contributed by atoms with van der Waals surface area (Å²) in [6, 6.07) is 0. The maximum Gasteiger partial charge on any atom is 0.472 e. The summed E-state index contributed by atoms with van der Waals surface area (Å²) in [6.07, 6.45) is 53.9. The molecule has 0 aromatic rings. The molecule has 96 heavy (non-hydrogen) atoms. The molecule has 0 saturated carbocycles. The number of phosphoric acid groups is 2. The van der Waals surface area contributed by atoms with Crippen molar-refractivity contribution >= 4 is 39.5 Å². The number of carbonyl (C=O) groups is 4. The van der Waals surface area contributed by atoms with Gasteiger partial charge < -0.3 is 33.8 Å². The zero-order chi connectivity index (χ0) is 70.9. The van der Waals surface area contributed by atoms with Crippen molar-refractivity contribution in [3.8, 4) is 0 Å². The highest BCUT2D eigenvalue weighted by Crippen LogP contribution is 2.45. The van der Waals surface area contributed by atoms with Crippen LogP contribution in [0.5, 0.6) is 0 Å². The summed E-state index contributed by atoms with van der Waals surface area (Å²) in [5.74, 6) is 0.248. The van der Waals surface area contributed by atoms with Crippen LogP contribution in [-0.2, 0) is 65.4 Å². The molecule has 6 atom stereocenters. The van der Waals surface area contributed by atoms with Crippen molar-refractivity contribution in [1.29, 1.82) is 0 Å². The SMILES string of the molecule is CCCCCCCCCCCCCC(=O)OC[C@H](COP(=O)(O)OC[C@H](O)COP(=O)(O)OC[C@@H](COC(=O)CCCCCCCCCCCCCCC(C)C)OC(=O)CCCCCCCCCCCCCCCCC(C)CC)OC(=O)CCCCCCCCCCCC(C)C. The minimum atomic E-state index is -4.96. The van der Waals surface area contributed by atoms with Crippen LogP contribution in [0, 0.1) is 17.8 Å². The van der Waals surface area contributed by atoms with E-state index in [2.05, 4.69) is 48.5 Å². The van der Waals surface area contributed by atoms with Gasteiger partial charge in [0, 0.05) is 25.7 Å². The average molecular weight is 1410 g/mol. The summed E-state index contributed by atoms with van der Waals surface area (Å²) in [4.78, 5) is 72.9. The van der Waals surface area contributed by atoms with Crippen LogP contribution in [0.25, 0.3) is 0 Å². The van der Waals surface area contributed by atoms with E-state index in [9.17, 15) is 43.2 Å². The fourth-order valence-electron chi connectivity index (χ4n) is 11.7. The fourth-order valence-corrected chi connectivity index (χ4v) is 13.3.